The Morgan fingerprint density at radius 2 is 2.29 bits per heavy atom. The minimum absolute atomic E-state index is 0.512. The Morgan fingerprint density at radius 3 is 2.29 bits per heavy atom. The van der Waals surface area contributed by atoms with E-state index in [1.807, 2.05) is 6.92 Å². The lowest BCUT2D eigenvalue weighted by Crippen LogP contribution is -2.18. The first-order valence-corrected chi connectivity index (χ1v) is 2.91. The summed E-state index contributed by atoms with van der Waals surface area (Å²) in [4.78, 5) is 0. The summed E-state index contributed by atoms with van der Waals surface area (Å²) in [6.45, 7) is 3.85. The van der Waals surface area contributed by atoms with Gasteiger partial charge in [0.1, 0.15) is 0 Å². The van der Waals surface area contributed by atoms with Gasteiger partial charge in [-0.25, -0.2) is 0 Å². The first-order valence-electron chi connectivity index (χ1n) is 2.11. The van der Waals surface area contributed by atoms with Crippen LogP contribution in [0.5, 0.6) is 0 Å². The fourth-order valence-electron chi connectivity index (χ4n) is 0.263. The van der Waals surface area contributed by atoms with Crippen LogP contribution in [0.1, 0.15) is 13.8 Å². The number of ether oxygens (including phenoxy) is 1. The van der Waals surface area contributed by atoms with Crippen molar-refractivity contribution in [3.05, 3.63) is 0 Å². The molecule has 0 aliphatic rings. The summed E-state index contributed by atoms with van der Waals surface area (Å²) in [6, 6.07) is 0. The summed E-state index contributed by atoms with van der Waals surface area (Å²) in [5.41, 5.74) is 0. The maximum Gasteiger partial charge on any atom is 0.220 e. The lowest BCUT2D eigenvalue weighted by atomic mass is 10.7. The fraction of sp³-hybridized carbons (Fsp3) is 1.00. The van der Waals surface area contributed by atoms with Gasteiger partial charge in [-0.05, 0) is 22.9 Å². The molecule has 0 aliphatic carbocycles. The first-order chi connectivity index (χ1) is 3.06. The SMILES string of the molecule is CCOC(C)(O)Br. The van der Waals surface area contributed by atoms with Crippen molar-refractivity contribution in [1.82, 2.24) is 0 Å². The van der Waals surface area contributed by atoms with Gasteiger partial charge in [-0.2, -0.15) is 0 Å². The lowest BCUT2D eigenvalue weighted by molar-refractivity contribution is -0.105. The highest BCUT2D eigenvalue weighted by Crippen LogP contribution is 2.12. The molecule has 0 rings (SSSR count). The van der Waals surface area contributed by atoms with Crippen LogP contribution in [0.15, 0.2) is 0 Å². The van der Waals surface area contributed by atoms with Gasteiger partial charge < -0.3 is 9.84 Å². The van der Waals surface area contributed by atoms with Crippen LogP contribution in [0, 0.1) is 0 Å². The van der Waals surface area contributed by atoms with Gasteiger partial charge in [0.25, 0.3) is 0 Å². The zero-order valence-electron chi connectivity index (χ0n) is 4.44. The van der Waals surface area contributed by atoms with E-state index in [4.69, 9.17) is 9.84 Å². The molecule has 0 radical (unpaired) electrons. The molecule has 0 aromatic rings. The van der Waals surface area contributed by atoms with E-state index in [9.17, 15) is 0 Å². The molecule has 0 saturated carbocycles. The second-order valence-electron chi connectivity index (χ2n) is 1.30. The number of hydrogen-bond donors (Lipinski definition) is 1. The molecule has 44 valence electrons. The molecule has 0 saturated heterocycles. The summed E-state index contributed by atoms with van der Waals surface area (Å²) in [6.07, 6.45) is 0. The number of hydrogen-bond acceptors (Lipinski definition) is 2. The van der Waals surface area contributed by atoms with Gasteiger partial charge in [-0.1, -0.05) is 0 Å². The van der Waals surface area contributed by atoms with Crippen LogP contribution in [0.2, 0.25) is 0 Å². The van der Waals surface area contributed by atoms with Gasteiger partial charge in [0.05, 0.1) is 0 Å². The Balaban J connectivity index is 3.15. The van der Waals surface area contributed by atoms with E-state index < -0.39 is 4.70 Å². The van der Waals surface area contributed by atoms with Crippen molar-refractivity contribution in [3.8, 4) is 0 Å². The Morgan fingerprint density at radius 1 is 1.86 bits per heavy atom. The minimum Gasteiger partial charge on any atom is -0.357 e. The highest BCUT2D eigenvalue weighted by molar-refractivity contribution is 9.09. The van der Waals surface area contributed by atoms with Crippen molar-refractivity contribution in [3.63, 3.8) is 0 Å². The first kappa shape index (κ1) is 7.40. The molecule has 3 heteroatoms. The molecule has 0 heterocycles. The third kappa shape index (κ3) is 6.40. The van der Waals surface area contributed by atoms with Crippen molar-refractivity contribution >= 4 is 15.9 Å². The van der Waals surface area contributed by atoms with Crippen LogP contribution in [0.25, 0.3) is 0 Å². The molecule has 1 atom stereocenters. The maximum atomic E-state index is 8.71. The minimum atomic E-state index is -1.14. The molecule has 0 bridgehead atoms. The van der Waals surface area contributed by atoms with Crippen molar-refractivity contribution < 1.29 is 9.84 Å². The zero-order chi connectivity index (χ0) is 5.91. The van der Waals surface area contributed by atoms with Gasteiger partial charge in [0.15, 0.2) is 0 Å². The van der Waals surface area contributed by atoms with E-state index in [0.29, 0.717) is 6.61 Å². The third-order valence-electron chi connectivity index (χ3n) is 0.408. The smallest absolute Gasteiger partial charge is 0.220 e. The van der Waals surface area contributed by atoms with Crippen LogP contribution in [-0.2, 0) is 4.74 Å². The van der Waals surface area contributed by atoms with Gasteiger partial charge in [-0.3, -0.25) is 0 Å². The van der Waals surface area contributed by atoms with Crippen molar-refractivity contribution in [2.45, 2.75) is 18.5 Å². The maximum absolute atomic E-state index is 8.71. The normalized spacial score (nSPS) is 18.9. The van der Waals surface area contributed by atoms with E-state index in [1.54, 1.807) is 0 Å². The average molecular weight is 169 g/mol. The average Bonchev–Trinajstić information content (AvgIpc) is 1.30. The lowest BCUT2D eigenvalue weighted by Gasteiger charge is -2.13. The van der Waals surface area contributed by atoms with Gasteiger partial charge >= 0.3 is 0 Å². The molecule has 1 N–H and O–H groups in total. The topological polar surface area (TPSA) is 29.5 Å². The molecule has 1 unspecified atom stereocenters. The van der Waals surface area contributed by atoms with Crippen LogP contribution >= 0.6 is 15.9 Å². The largest absolute Gasteiger partial charge is 0.357 e. The van der Waals surface area contributed by atoms with E-state index in [-0.39, 0.29) is 0 Å². The standard InChI is InChI=1S/C4H9BrO2/c1-3-7-4(2,5)6/h6H,3H2,1-2H3. The highest BCUT2D eigenvalue weighted by Gasteiger charge is 2.12. The van der Waals surface area contributed by atoms with Crippen LogP contribution < -0.4 is 0 Å². The molecule has 2 nitrogen and oxygen atoms in total. The monoisotopic (exact) mass is 168 g/mol. The predicted octanol–water partition coefficient (Wildman–Crippen LogP) is 1.08. The quantitative estimate of drug-likeness (QED) is 0.495. The fourth-order valence-corrected chi connectivity index (χ4v) is 0.492. The van der Waals surface area contributed by atoms with E-state index in [1.165, 1.54) is 6.92 Å². The second kappa shape index (κ2) is 2.64. The zero-order valence-corrected chi connectivity index (χ0v) is 6.03. The number of alkyl halides is 1. The summed E-state index contributed by atoms with van der Waals surface area (Å²) in [5, 5.41) is 8.71. The summed E-state index contributed by atoms with van der Waals surface area (Å²) >= 11 is 2.87. The molecular formula is C4H9BrO2. The van der Waals surface area contributed by atoms with Gasteiger partial charge in [0, 0.05) is 13.5 Å². The molecule has 0 aromatic heterocycles. The summed E-state index contributed by atoms with van der Waals surface area (Å²) in [7, 11) is 0. The predicted molar refractivity (Wildman–Crippen MR) is 31.2 cm³/mol. The Bertz CT molecular complexity index is 48.1. The van der Waals surface area contributed by atoms with Crippen LogP contribution in [0.4, 0.5) is 0 Å². The second-order valence-corrected chi connectivity index (χ2v) is 2.77. The highest BCUT2D eigenvalue weighted by atomic mass is 79.9. The van der Waals surface area contributed by atoms with Gasteiger partial charge in [0.2, 0.25) is 4.70 Å². The van der Waals surface area contributed by atoms with E-state index in [2.05, 4.69) is 15.9 Å². The summed E-state index contributed by atoms with van der Waals surface area (Å²) < 4.78 is 3.56. The molecule has 0 spiro atoms. The molecule has 0 amide bonds. The number of rotatable bonds is 2. The Labute approximate surface area is 51.6 Å². The molecular weight excluding hydrogens is 160 g/mol. The third-order valence-corrected chi connectivity index (χ3v) is 0.637. The number of aliphatic hydroxyl groups is 1. The van der Waals surface area contributed by atoms with E-state index in [0.717, 1.165) is 0 Å². The summed E-state index contributed by atoms with van der Waals surface area (Å²) in [5.74, 6) is 0. The van der Waals surface area contributed by atoms with Crippen LogP contribution in [0.3, 0.4) is 0 Å². The molecule has 0 aromatic carbocycles. The van der Waals surface area contributed by atoms with Gasteiger partial charge in [-0.15, -0.1) is 0 Å². The Hall–Kier alpha value is 0.400. The van der Waals surface area contributed by atoms with Crippen molar-refractivity contribution in [2.75, 3.05) is 6.61 Å². The Kier molecular flexibility index (Phi) is 2.80. The van der Waals surface area contributed by atoms with E-state index >= 15 is 0 Å². The van der Waals surface area contributed by atoms with Crippen molar-refractivity contribution in [1.29, 1.82) is 0 Å². The number of halogens is 1. The molecule has 0 aliphatic heterocycles. The molecule has 0 fully saturated rings. The van der Waals surface area contributed by atoms with Crippen molar-refractivity contribution in [2.24, 2.45) is 0 Å². The van der Waals surface area contributed by atoms with Crippen LogP contribution in [-0.4, -0.2) is 16.4 Å². The molecule has 7 heavy (non-hydrogen) atoms.